The molecular formula is C21H24N2O3S2. The molecule has 2 aromatic rings. The average Bonchev–Trinajstić information content (AvgIpc) is 2.75. The lowest BCUT2D eigenvalue weighted by Crippen LogP contribution is -2.50. The molecule has 5 nitrogen and oxygen atoms in total. The Labute approximate surface area is 171 Å². The van der Waals surface area contributed by atoms with Gasteiger partial charge in [0.25, 0.3) is 0 Å². The van der Waals surface area contributed by atoms with Crippen LogP contribution in [0.25, 0.3) is 6.08 Å². The molecule has 0 aliphatic carbocycles. The Balaban J connectivity index is 1.42. The van der Waals surface area contributed by atoms with Gasteiger partial charge in [-0.05, 0) is 17.7 Å². The smallest absolute Gasteiger partial charge is 0.243 e. The summed E-state index contributed by atoms with van der Waals surface area (Å²) in [5.41, 5.74) is 1.14. The van der Waals surface area contributed by atoms with Gasteiger partial charge in [-0.2, -0.15) is 4.31 Å². The van der Waals surface area contributed by atoms with Crippen LogP contribution in [0.1, 0.15) is 5.56 Å². The topological polar surface area (TPSA) is 57.7 Å². The van der Waals surface area contributed by atoms with Gasteiger partial charge in [0.1, 0.15) is 0 Å². The molecule has 7 heteroatoms. The van der Waals surface area contributed by atoms with Crippen LogP contribution in [0, 0.1) is 0 Å². The molecule has 28 heavy (non-hydrogen) atoms. The Hall–Kier alpha value is -2.09. The Morgan fingerprint density at radius 1 is 0.929 bits per heavy atom. The molecule has 0 spiro atoms. The molecule has 1 fully saturated rings. The molecule has 3 rings (SSSR count). The molecule has 1 aliphatic rings. The number of piperazine rings is 1. The Morgan fingerprint density at radius 3 is 2.18 bits per heavy atom. The van der Waals surface area contributed by atoms with Gasteiger partial charge < -0.3 is 4.90 Å². The van der Waals surface area contributed by atoms with Gasteiger partial charge in [0, 0.05) is 31.9 Å². The van der Waals surface area contributed by atoms with E-state index in [2.05, 4.69) is 6.08 Å². The maximum absolute atomic E-state index is 12.6. The van der Waals surface area contributed by atoms with Gasteiger partial charge in [0.15, 0.2) is 0 Å². The molecule has 148 valence electrons. The van der Waals surface area contributed by atoms with Crippen molar-refractivity contribution in [1.82, 2.24) is 9.21 Å². The minimum Gasteiger partial charge on any atom is -0.339 e. The van der Waals surface area contributed by atoms with Crippen LogP contribution in [0.3, 0.4) is 0 Å². The molecular weight excluding hydrogens is 392 g/mol. The zero-order valence-electron chi connectivity index (χ0n) is 15.6. The number of carbonyl (C=O) groups excluding carboxylic acids is 1. The molecule has 1 aliphatic heterocycles. The van der Waals surface area contributed by atoms with E-state index < -0.39 is 10.0 Å². The lowest BCUT2D eigenvalue weighted by molar-refractivity contribution is -0.129. The molecule has 0 aromatic heterocycles. The van der Waals surface area contributed by atoms with E-state index in [0.717, 1.165) is 11.3 Å². The fourth-order valence-electron chi connectivity index (χ4n) is 2.97. The quantitative estimate of drug-likeness (QED) is 0.651. The highest BCUT2D eigenvalue weighted by molar-refractivity contribution is 8.00. The van der Waals surface area contributed by atoms with Crippen molar-refractivity contribution in [2.24, 2.45) is 0 Å². The van der Waals surface area contributed by atoms with Crippen LogP contribution in [0.2, 0.25) is 0 Å². The molecule has 0 bridgehead atoms. The largest absolute Gasteiger partial charge is 0.339 e. The summed E-state index contributed by atoms with van der Waals surface area (Å²) < 4.78 is 26.7. The Kier molecular flexibility index (Phi) is 7.30. The average molecular weight is 417 g/mol. The van der Waals surface area contributed by atoms with Crippen LogP contribution in [-0.2, 0) is 14.8 Å². The Morgan fingerprint density at radius 2 is 1.54 bits per heavy atom. The highest BCUT2D eigenvalue weighted by Gasteiger charge is 2.29. The number of nitrogens with zero attached hydrogens (tertiary/aromatic N) is 2. The molecule has 0 atom stereocenters. The van der Waals surface area contributed by atoms with Crippen molar-refractivity contribution in [3.05, 3.63) is 72.3 Å². The summed E-state index contributed by atoms with van der Waals surface area (Å²) in [6.07, 6.45) is 4.10. The van der Waals surface area contributed by atoms with Gasteiger partial charge in [-0.25, -0.2) is 8.42 Å². The van der Waals surface area contributed by atoms with E-state index in [1.54, 1.807) is 47.0 Å². The van der Waals surface area contributed by atoms with Crippen molar-refractivity contribution in [1.29, 1.82) is 0 Å². The zero-order chi connectivity index (χ0) is 19.8. The fourth-order valence-corrected chi connectivity index (χ4v) is 5.12. The SMILES string of the molecule is O=C(CSC/C=C/c1ccccc1)N1CCN(S(=O)(=O)c2ccccc2)CC1. The predicted octanol–water partition coefficient (Wildman–Crippen LogP) is 2.97. The summed E-state index contributed by atoms with van der Waals surface area (Å²) in [5.74, 6) is 1.24. The van der Waals surface area contributed by atoms with Crippen LogP contribution in [0.4, 0.5) is 0 Å². The molecule has 0 radical (unpaired) electrons. The van der Waals surface area contributed by atoms with Crippen molar-refractivity contribution in [2.45, 2.75) is 4.90 Å². The minimum absolute atomic E-state index is 0.0647. The Bertz CT molecular complexity index is 892. The van der Waals surface area contributed by atoms with Crippen molar-refractivity contribution in [3.63, 3.8) is 0 Å². The summed E-state index contributed by atoms with van der Waals surface area (Å²) in [6.45, 7) is 1.54. The summed E-state index contributed by atoms with van der Waals surface area (Å²) in [4.78, 5) is 14.4. The number of carbonyl (C=O) groups is 1. The van der Waals surface area contributed by atoms with Crippen LogP contribution in [0.5, 0.6) is 0 Å². The highest BCUT2D eigenvalue weighted by atomic mass is 32.2. The first kappa shape index (κ1) is 20.6. The van der Waals surface area contributed by atoms with E-state index in [1.165, 1.54) is 4.31 Å². The first-order valence-electron chi connectivity index (χ1n) is 9.20. The normalized spacial score (nSPS) is 15.8. The van der Waals surface area contributed by atoms with Crippen LogP contribution < -0.4 is 0 Å². The summed E-state index contributed by atoms with van der Waals surface area (Å²) >= 11 is 1.57. The third-order valence-corrected chi connectivity index (χ3v) is 7.31. The van der Waals surface area contributed by atoms with Gasteiger partial charge >= 0.3 is 0 Å². The van der Waals surface area contributed by atoms with Crippen molar-refractivity contribution < 1.29 is 13.2 Å². The van der Waals surface area contributed by atoms with E-state index in [0.29, 0.717) is 36.8 Å². The number of sulfonamides is 1. The summed E-state index contributed by atoms with van der Waals surface area (Å²) in [7, 11) is -3.48. The second-order valence-electron chi connectivity index (χ2n) is 6.43. The third-order valence-electron chi connectivity index (χ3n) is 4.52. The number of amides is 1. The number of thioether (sulfide) groups is 1. The second-order valence-corrected chi connectivity index (χ2v) is 9.39. The van der Waals surface area contributed by atoms with Gasteiger partial charge in [0.05, 0.1) is 10.6 Å². The first-order valence-corrected chi connectivity index (χ1v) is 11.8. The highest BCUT2D eigenvalue weighted by Crippen LogP contribution is 2.17. The standard InChI is InChI=1S/C21H24N2O3S2/c24-21(18-27-17-7-10-19-8-3-1-4-9-19)22-13-15-23(16-14-22)28(25,26)20-11-5-2-6-12-20/h1-12H,13-18H2/b10-7+. The molecule has 0 unspecified atom stereocenters. The second kappa shape index (κ2) is 9.91. The first-order chi connectivity index (χ1) is 13.6. The predicted molar refractivity (Wildman–Crippen MR) is 115 cm³/mol. The number of hydrogen-bond donors (Lipinski definition) is 0. The van der Waals surface area contributed by atoms with Crippen LogP contribution in [0.15, 0.2) is 71.6 Å². The monoisotopic (exact) mass is 416 g/mol. The van der Waals surface area contributed by atoms with E-state index in [9.17, 15) is 13.2 Å². The van der Waals surface area contributed by atoms with Gasteiger partial charge in [0.2, 0.25) is 15.9 Å². The lowest BCUT2D eigenvalue weighted by atomic mass is 10.2. The fraction of sp³-hybridized carbons (Fsp3) is 0.286. The van der Waals surface area contributed by atoms with Crippen molar-refractivity contribution >= 4 is 33.8 Å². The zero-order valence-corrected chi connectivity index (χ0v) is 17.2. The van der Waals surface area contributed by atoms with Gasteiger partial charge in [-0.15, -0.1) is 11.8 Å². The number of hydrogen-bond acceptors (Lipinski definition) is 4. The number of benzene rings is 2. The van der Waals surface area contributed by atoms with E-state index in [-0.39, 0.29) is 5.91 Å². The summed E-state index contributed by atoms with van der Waals surface area (Å²) in [5, 5.41) is 0. The van der Waals surface area contributed by atoms with E-state index >= 15 is 0 Å². The van der Waals surface area contributed by atoms with Gasteiger partial charge in [-0.1, -0.05) is 60.7 Å². The van der Waals surface area contributed by atoms with Crippen LogP contribution in [-0.4, -0.2) is 61.2 Å². The maximum atomic E-state index is 12.6. The van der Waals surface area contributed by atoms with Crippen molar-refractivity contribution in [2.75, 3.05) is 37.7 Å². The molecule has 0 saturated carbocycles. The minimum atomic E-state index is -3.48. The van der Waals surface area contributed by atoms with E-state index in [1.807, 2.05) is 36.4 Å². The van der Waals surface area contributed by atoms with Crippen molar-refractivity contribution in [3.8, 4) is 0 Å². The molecule has 1 amide bonds. The maximum Gasteiger partial charge on any atom is 0.243 e. The van der Waals surface area contributed by atoms with E-state index in [4.69, 9.17) is 0 Å². The molecule has 0 N–H and O–H groups in total. The molecule has 1 saturated heterocycles. The summed E-state index contributed by atoms with van der Waals surface area (Å²) in [6, 6.07) is 18.5. The molecule has 2 aromatic carbocycles. The van der Waals surface area contributed by atoms with Gasteiger partial charge in [-0.3, -0.25) is 4.79 Å². The third kappa shape index (κ3) is 5.47. The lowest BCUT2D eigenvalue weighted by Gasteiger charge is -2.34. The molecule has 1 heterocycles. The van der Waals surface area contributed by atoms with Crippen LogP contribution >= 0.6 is 11.8 Å². The number of rotatable bonds is 7.